The van der Waals surface area contributed by atoms with Crippen molar-refractivity contribution in [2.75, 3.05) is 26.4 Å². The molecule has 0 aromatic carbocycles. The molecule has 1 aliphatic heterocycles. The van der Waals surface area contributed by atoms with Crippen LogP contribution in [0.25, 0.3) is 0 Å². The van der Waals surface area contributed by atoms with Gasteiger partial charge in [-0.15, -0.1) is 0 Å². The lowest BCUT2D eigenvalue weighted by Crippen LogP contribution is -2.50. The molecule has 0 saturated carbocycles. The monoisotopic (exact) mass is 281 g/mol. The molecule has 1 atom stereocenters. The molecule has 20 heavy (non-hydrogen) atoms. The Balaban J connectivity index is 1.97. The fourth-order valence-electron chi connectivity index (χ4n) is 2.69. The minimum atomic E-state index is -0.202. The second kappa shape index (κ2) is 6.37. The summed E-state index contributed by atoms with van der Waals surface area (Å²) in [6.07, 6.45) is 1.14. The summed E-state index contributed by atoms with van der Waals surface area (Å²) in [5, 5.41) is 13.7. The molecule has 2 rings (SSSR count). The van der Waals surface area contributed by atoms with E-state index in [1.54, 1.807) is 4.90 Å². The van der Waals surface area contributed by atoms with Gasteiger partial charge in [0.25, 0.3) is 0 Å². The van der Waals surface area contributed by atoms with Crippen molar-refractivity contribution in [3.63, 3.8) is 0 Å². The number of aryl methyl sites for hydroxylation is 2. The van der Waals surface area contributed by atoms with Crippen LogP contribution in [0.5, 0.6) is 0 Å². The number of hydrogen-bond donors (Lipinski definition) is 1. The molecular formula is C14H23N3O3. The van der Waals surface area contributed by atoms with E-state index in [0.29, 0.717) is 32.6 Å². The van der Waals surface area contributed by atoms with Gasteiger partial charge in [0.1, 0.15) is 0 Å². The Bertz CT molecular complexity index is 484. The fraction of sp³-hybridized carbons (Fsp3) is 0.714. The summed E-state index contributed by atoms with van der Waals surface area (Å²) in [7, 11) is 1.91. The van der Waals surface area contributed by atoms with Gasteiger partial charge in [-0.05, 0) is 25.8 Å². The number of aliphatic hydroxyl groups is 1. The van der Waals surface area contributed by atoms with Crippen molar-refractivity contribution in [1.29, 1.82) is 0 Å². The molecule has 2 heterocycles. The van der Waals surface area contributed by atoms with E-state index in [0.717, 1.165) is 17.0 Å². The highest BCUT2D eigenvalue weighted by atomic mass is 16.5. The molecule has 1 aromatic rings. The molecule has 1 amide bonds. The minimum Gasteiger partial charge on any atom is -0.394 e. The first kappa shape index (κ1) is 15.0. The molecule has 0 bridgehead atoms. The summed E-state index contributed by atoms with van der Waals surface area (Å²) in [6.45, 7) is 5.48. The van der Waals surface area contributed by atoms with E-state index < -0.39 is 0 Å². The molecule has 1 aliphatic rings. The summed E-state index contributed by atoms with van der Waals surface area (Å²) >= 11 is 0. The van der Waals surface area contributed by atoms with Crippen molar-refractivity contribution in [1.82, 2.24) is 14.7 Å². The van der Waals surface area contributed by atoms with Crippen LogP contribution in [-0.2, 0) is 23.0 Å². The van der Waals surface area contributed by atoms with E-state index in [1.807, 2.05) is 25.6 Å². The maximum Gasteiger partial charge on any atom is 0.223 e. The van der Waals surface area contributed by atoms with Gasteiger partial charge in [-0.3, -0.25) is 9.48 Å². The molecule has 0 aliphatic carbocycles. The van der Waals surface area contributed by atoms with E-state index in [4.69, 9.17) is 4.74 Å². The third kappa shape index (κ3) is 3.02. The van der Waals surface area contributed by atoms with Gasteiger partial charge >= 0.3 is 0 Å². The Labute approximate surface area is 119 Å². The van der Waals surface area contributed by atoms with Gasteiger partial charge in [0.15, 0.2) is 0 Å². The van der Waals surface area contributed by atoms with Gasteiger partial charge in [0.2, 0.25) is 5.91 Å². The van der Waals surface area contributed by atoms with E-state index in [-0.39, 0.29) is 18.6 Å². The quantitative estimate of drug-likeness (QED) is 0.855. The summed E-state index contributed by atoms with van der Waals surface area (Å²) in [5.41, 5.74) is 3.24. The maximum atomic E-state index is 12.3. The van der Waals surface area contributed by atoms with Crippen LogP contribution in [0.4, 0.5) is 0 Å². The lowest BCUT2D eigenvalue weighted by atomic mass is 10.1. The third-order valence-electron chi connectivity index (χ3n) is 4.01. The SMILES string of the molecule is Cc1nn(C)c(C)c1CCC(=O)N1CCOCC1CO. The Kier molecular flexibility index (Phi) is 4.77. The summed E-state index contributed by atoms with van der Waals surface area (Å²) in [6, 6.07) is -0.202. The number of carbonyl (C=O) groups excluding carboxylic acids is 1. The fourth-order valence-corrected chi connectivity index (χ4v) is 2.69. The lowest BCUT2D eigenvalue weighted by molar-refractivity contribution is -0.141. The van der Waals surface area contributed by atoms with Crippen LogP contribution >= 0.6 is 0 Å². The molecule has 6 heteroatoms. The Hall–Kier alpha value is -1.40. The Morgan fingerprint density at radius 3 is 2.85 bits per heavy atom. The van der Waals surface area contributed by atoms with Crippen LogP contribution in [0.15, 0.2) is 0 Å². The van der Waals surface area contributed by atoms with Crippen molar-refractivity contribution in [3.8, 4) is 0 Å². The second-order valence-corrected chi connectivity index (χ2v) is 5.27. The highest BCUT2D eigenvalue weighted by Gasteiger charge is 2.26. The molecule has 0 spiro atoms. The zero-order chi connectivity index (χ0) is 14.7. The van der Waals surface area contributed by atoms with Gasteiger partial charge in [-0.1, -0.05) is 0 Å². The first-order valence-corrected chi connectivity index (χ1v) is 7.01. The summed E-state index contributed by atoms with van der Waals surface area (Å²) in [4.78, 5) is 14.0. The highest BCUT2D eigenvalue weighted by molar-refractivity contribution is 5.77. The largest absolute Gasteiger partial charge is 0.394 e. The molecule has 1 saturated heterocycles. The van der Waals surface area contributed by atoms with Crippen LogP contribution in [0.1, 0.15) is 23.4 Å². The molecule has 1 unspecified atom stereocenters. The van der Waals surface area contributed by atoms with E-state index >= 15 is 0 Å². The third-order valence-corrected chi connectivity index (χ3v) is 4.01. The molecule has 1 N–H and O–H groups in total. The zero-order valence-corrected chi connectivity index (χ0v) is 12.4. The van der Waals surface area contributed by atoms with Crippen molar-refractivity contribution < 1.29 is 14.6 Å². The number of rotatable bonds is 4. The summed E-state index contributed by atoms with van der Waals surface area (Å²) < 4.78 is 7.14. The number of ether oxygens (including phenoxy) is 1. The minimum absolute atomic E-state index is 0.0450. The predicted octanol–water partition coefficient (Wildman–Crippen LogP) is 0.189. The predicted molar refractivity (Wildman–Crippen MR) is 74.4 cm³/mol. The average Bonchev–Trinajstić information content (AvgIpc) is 2.70. The number of hydrogen-bond acceptors (Lipinski definition) is 4. The molecule has 1 fully saturated rings. The van der Waals surface area contributed by atoms with Crippen molar-refractivity contribution >= 4 is 5.91 Å². The molecule has 6 nitrogen and oxygen atoms in total. The standard InChI is InChI=1S/C14H23N3O3/c1-10-13(11(2)16(3)15-10)4-5-14(19)17-6-7-20-9-12(17)8-18/h12,18H,4-9H2,1-3H3. The smallest absolute Gasteiger partial charge is 0.223 e. The average molecular weight is 281 g/mol. The normalized spacial score (nSPS) is 19.4. The number of carbonyl (C=O) groups is 1. The molecule has 1 aromatic heterocycles. The van der Waals surface area contributed by atoms with Crippen LogP contribution < -0.4 is 0 Å². The zero-order valence-electron chi connectivity index (χ0n) is 12.4. The van der Waals surface area contributed by atoms with Crippen LogP contribution in [0, 0.1) is 13.8 Å². The van der Waals surface area contributed by atoms with Gasteiger partial charge in [0.05, 0.1) is 31.6 Å². The summed E-state index contributed by atoms with van der Waals surface area (Å²) in [5.74, 6) is 0.0787. The van der Waals surface area contributed by atoms with Gasteiger partial charge < -0.3 is 14.7 Å². The first-order chi connectivity index (χ1) is 9.54. The second-order valence-electron chi connectivity index (χ2n) is 5.27. The van der Waals surface area contributed by atoms with Crippen molar-refractivity contribution in [3.05, 3.63) is 17.0 Å². The highest BCUT2D eigenvalue weighted by Crippen LogP contribution is 2.16. The Morgan fingerprint density at radius 2 is 2.25 bits per heavy atom. The van der Waals surface area contributed by atoms with E-state index in [2.05, 4.69) is 5.10 Å². The Morgan fingerprint density at radius 1 is 1.50 bits per heavy atom. The van der Waals surface area contributed by atoms with Gasteiger partial charge in [-0.2, -0.15) is 5.10 Å². The number of amides is 1. The molecule has 0 radical (unpaired) electrons. The number of nitrogens with zero attached hydrogens (tertiary/aromatic N) is 3. The van der Waals surface area contributed by atoms with Crippen LogP contribution in [-0.4, -0.2) is 58.1 Å². The van der Waals surface area contributed by atoms with E-state index in [9.17, 15) is 9.90 Å². The van der Waals surface area contributed by atoms with E-state index in [1.165, 1.54) is 0 Å². The van der Waals surface area contributed by atoms with Gasteiger partial charge in [-0.25, -0.2) is 0 Å². The van der Waals surface area contributed by atoms with Crippen molar-refractivity contribution in [2.45, 2.75) is 32.7 Å². The lowest BCUT2D eigenvalue weighted by Gasteiger charge is -2.34. The van der Waals surface area contributed by atoms with Crippen LogP contribution in [0.3, 0.4) is 0 Å². The number of morpholine rings is 1. The number of aliphatic hydroxyl groups excluding tert-OH is 1. The number of aromatic nitrogens is 2. The molecule has 112 valence electrons. The topological polar surface area (TPSA) is 67.6 Å². The van der Waals surface area contributed by atoms with Crippen LogP contribution in [0.2, 0.25) is 0 Å². The maximum absolute atomic E-state index is 12.3. The van der Waals surface area contributed by atoms with Gasteiger partial charge in [0, 0.05) is 25.7 Å². The first-order valence-electron chi connectivity index (χ1n) is 7.01. The molecular weight excluding hydrogens is 258 g/mol. The van der Waals surface area contributed by atoms with Crippen molar-refractivity contribution in [2.24, 2.45) is 7.05 Å².